The maximum absolute atomic E-state index is 12.9. The van der Waals surface area contributed by atoms with Crippen molar-refractivity contribution in [2.45, 2.75) is 80.6 Å². The number of hydrogen-bond acceptors (Lipinski definition) is 7. The Kier molecular flexibility index (Phi) is 10.0. The normalized spacial score (nSPS) is 24.1. The van der Waals surface area contributed by atoms with Gasteiger partial charge in [-0.05, 0) is 63.4 Å². The average molecular weight is 614 g/mol. The van der Waals surface area contributed by atoms with E-state index in [0.29, 0.717) is 24.2 Å². The molecule has 218 valence electrons. The van der Waals surface area contributed by atoms with Crippen LogP contribution in [0.4, 0.5) is 5.69 Å². The third-order valence-electron chi connectivity index (χ3n) is 6.77. The van der Waals surface area contributed by atoms with Gasteiger partial charge in [0, 0.05) is 24.2 Å². The van der Waals surface area contributed by atoms with Crippen molar-refractivity contribution in [1.82, 2.24) is 4.90 Å². The van der Waals surface area contributed by atoms with Gasteiger partial charge >= 0.3 is 5.97 Å². The molecule has 0 aromatic heterocycles. The second kappa shape index (κ2) is 12.9. The monoisotopic (exact) mass is 612 g/mol. The number of aliphatic hydroxyl groups excluding tert-OH is 1. The SMILES string of the molecule is CC(C)(C)OC(=O)[C@@H]1CCCN1C[C@@H]1C[C@H](c2ccc(CO)cc2)O[C@H](c2cccc(NC(=O)C(Cl)(Cl)Cl)c2)O1. The van der Waals surface area contributed by atoms with Gasteiger partial charge < -0.3 is 24.6 Å². The van der Waals surface area contributed by atoms with Gasteiger partial charge in [-0.3, -0.25) is 14.5 Å². The van der Waals surface area contributed by atoms with E-state index in [1.807, 2.05) is 51.1 Å². The molecular weight excluding hydrogens is 579 g/mol. The van der Waals surface area contributed by atoms with Crippen molar-refractivity contribution >= 4 is 52.4 Å². The Morgan fingerprint density at radius 2 is 1.80 bits per heavy atom. The lowest BCUT2D eigenvalue weighted by Crippen LogP contribution is -2.45. The number of hydrogen-bond donors (Lipinski definition) is 2. The lowest BCUT2D eigenvalue weighted by molar-refractivity contribution is -0.253. The number of esters is 1. The Morgan fingerprint density at radius 1 is 1.07 bits per heavy atom. The fraction of sp³-hybridized carbons (Fsp3) is 0.517. The molecule has 0 saturated carbocycles. The van der Waals surface area contributed by atoms with Crippen molar-refractivity contribution in [2.24, 2.45) is 0 Å². The number of amides is 1. The van der Waals surface area contributed by atoms with Gasteiger partial charge in [-0.15, -0.1) is 0 Å². The fourth-order valence-corrected chi connectivity index (χ4v) is 5.08. The number of anilines is 1. The van der Waals surface area contributed by atoms with E-state index in [4.69, 9.17) is 49.0 Å². The molecule has 8 nitrogen and oxygen atoms in total. The van der Waals surface area contributed by atoms with Crippen LogP contribution in [0.5, 0.6) is 0 Å². The first kappa shape index (κ1) is 31.0. The van der Waals surface area contributed by atoms with E-state index in [-0.39, 0.29) is 30.8 Å². The summed E-state index contributed by atoms with van der Waals surface area (Å²) in [5.74, 6) is -0.996. The minimum Gasteiger partial charge on any atom is -0.459 e. The maximum Gasteiger partial charge on any atom is 0.323 e. The molecule has 40 heavy (non-hydrogen) atoms. The number of alkyl halides is 3. The van der Waals surface area contributed by atoms with Gasteiger partial charge in [0.25, 0.3) is 9.70 Å². The molecule has 11 heteroatoms. The first-order valence-corrected chi connectivity index (χ1v) is 14.4. The molecule has 2 saturated heterocycles. The molecule has 0 aliphatic carbocycles. The highest BCUT2D eigenvalue weighted by atomic mass is 35.6. The summed E-state index contributed by atoms with van der Waals surface area (Å²) in [6.07, 6.45) is 0.873. The summed E-state index contributed by atoms with van der Waals surface area (Å²) < 4.78 is 16.4. The highest BCUT2D eigenvalue weighted by Crippen LogP contribution is 2.39. The molecule has 0 spiro atoms. The lowest BCUT2D eigenvalue weighted by atomic mass is 9.99. The first-order chi connectivity index (χ1) is 18.8. The molecule has 2 aliphatic heterocycles. The van der Waals surface area contributed by atoms with Gasteiger partial charge in [0.1, 0.15) is 11.6 Å². The maximum atomic E-state index is 12.9. The van der Waals surface area contributed by atoms with E-state index < -0.39 is 21.6 Å². The zero-order valence-electron chi connectivity index (χ0n) is 22.7. The summed E-state index contributed by atoms with van der Waals surface area (Å²) in [5.41, 5.74) is 2.29. The van der Waals surface area contributed by atoms with E-state index in [1.165, 1.54) is 0 Å². The van der Waals surface area contributed by atoms with Gasteiger partial charge in [-0.2, -0.15) is 0 Å². The minimum absolute atomic E-state index is 0.0477. The summed E-state index contributed by atoms with van der Waals surface area (Å²) in [5, 5.41) is 12.1. The highest BCUT2D eigenvalue weighted by molar-refractivity contribution is 6.76. The van der Waals surface area contributed by atoms with Crippen LogP contribution < -0.4 is 5.32 Å². The molecule has 2 aliphatic rings. The predicted octanol–water partition coefficient (Wildman–Crippen LogP) is 5.84. The molecule has 2 fully saturated rings. The van der Waals surface area contributed by atoms with Gasteiger partial charge in [-0.1, -0.05) is 71.2 Å². The van der Waals surface area contributed by atoms with E-state index in [0.717, 1.165) is 30.5 Å². The number of halogens is 3. The number of carbonyl (C=O) groups is 2. The van der Waals surface area contributed by atoms with Crippen molar-refractivity contribution in [1.29, 1.82) is 0 Å². The Balaban J connectivity index is 1.56. The summed E-state index contributed by atoms with van der Waals surface area (Å²) in [6, 6.07) is 14.3. The van der Waals surface area contributed by atoms with Crippen LogP contribution in [0.25, 0.3) is 0 Å². The fourth-order valence-electron chi connectivity index (χ4n) is 4.94. The van der Waals surface area contributed by atoms with Crippen molar-refractivity contribution in [2.75, 3.05) is 18.4 Å². The quantitative estimate of drug-likeness (QED) is 0.299. The van der Waals surface area contributed by atoms with Crippen LogP contribution in [-0.4, -0.2) is 56.5 Å². The van der Waals surface area contributed by atoms with Gasteiger partial charge in [0.05, 0.1) is 18.8 Å². The zero-order valence-corrected chi connectivity index (χ0v) is 25.0. The van der Waals surface area contributed by atoms with Gasteiger partial charge in [0.15, 0.2) is 6.29 Å². The molecule has 0 bridgehead atoms. The molecule has 0 radical (unpaired) electrons. The van der Waals surface area contributed by atoms with Crippen molar-refractivity contribution in [3.63, 3.8) is 0 Å². The van der Waals surface area contributed by atoms with Crippen LogP contribution >= 0.6 is 34.8 Å². The Labute approximate surface area is 249 Å². The molecule has 2 N–H and O–H groups in total. The number of likely N-dealkylation sites (tertiary alicyclic amines) is 1. The molecule has 4 atom stereocenters. The molecule has 0 unspecified atom stereocenters. The second-order valence-electron chi connectivity index (χ2n) is 11.1. The second-order valence-corrected chi connectivity index (χ2v) is 13.4. The van der Waals surface area contributed by atoms with Gasteiger partial charge in [-0.25, -0.2) is 0 Å². The number of rotatable bonds is 7. The van der Waals surface area contributed by atoms with Crippen LogP contribution in [0.2, 0.25) is 0 Å². The first-order valence-electron chi connectivity index (χ1n) is 13.3. The van der Waals surface area contributed by atoms with Crippen LogP contribution in [0.3, 0.4) is 0 Å². The smallest absolute Gasteiger partial charge is 0.323 e. The topological polar surface area (TPSA) is 97.3 Å². The Morgan fingerprint density at radius 3 is 2.45 bits per heavy atom. The van der Waals surface area contributed by atoms with Crippen LogP contribution in [-0.2, 0) is 30.4 Å². The Bertz CT molecular complexity index is 1180. The van der Waals surface area contributed by atoms with E-state index in [9.17, 15) is 14.7 Å². The third-order valence-corrected chi connectivity index (χ3v) is 7.28. The van der Waals surface area contributed by atoms with E-state index >= 15 is 0 Å². The number of ether oxygens (including phenoxy) is 3. The molecule has 4 rings (SSSR count). The summed E-state index contributed by atoms with van der Waals surface area (Å²) >= 11 is 17.1. The van der Waals surface area contributed by atoms with Crippen LogP contribution in [0.1, 0.15) is 69.1 Å². The number of benzene rings is 2. The van der Waals surface area contributed by atoms with Crippen molar-refractivity contribution < 1.29 is 28.9 Å². The summed E-state index contributed by atoms with van der Waals surface area (Å²) in [6.45, 7) is 6.85. The van der Waals surface area contributed by atoms with Gasteiger partial charge in [0.2, 0.25) is 0 Å². The molecular formula is C29H35Cl3N2O6. The van der Waals surface area contributed by atoms with E-state index in [2.05, 4.69) is 10.2 Å². The molecule has 2 aromatic carbocycles. The average Bonchev–Trinajstić information content (AvgIpc) is 3.35. The molecule has 2 aromatic rings. The van der Waals surface area contributed by atoms with Crippen molar-refractivity contribution in [3.05, 3.63) is 65.2 Å². The summed E-state index contributed by atoms with van der Waals surface area (Å²) in [4.78, 5) is 27.3. The lowest BCUT2D eigenvalue weighted by Gasteiger charge is -2.38. The largest absolute Gasteiger partial charge is 0.459 e. The standard InChI is InChI=1S/C29H35Cl3N2O6/c1-28(2,3)40-25(36)23-8-5-13-34(23)16-22-15-24(19-11-9-18(17-35)10-12-19)39-26(38-22)20-6-4-7-21(14-20)33-27(37)29(30,31)32/h4,6-7,9-12,14,22-24,26,35H,5,8,13,15-17H2,1-3H3,(H,33,37)/t22-,23-,24+,26+/m0/s1. The number of carbonyl (C=O) groups excluding carboxylic acids is 2. The number of aliphatic hydroxyl groups is 1. The highest BCUT2D eigenvalue weighted by Gasteiger charge is 2.39. The Hall–Kier alpha value is -1.91. The van der Waals surface area contributed by atoms with Crippen molar-refractivity contribution in [3.8, 4) is 0 Å². The third kappa shape index (κ3) is 8.32. The van der Waals surface area contributed by atoms with Crippen LogP contribution in [0.15, 0.2) is 48.5 Å². The predicted molar refractivity (Wildman–Crippen MR) is 154 cm³/mol. The number of nitrogens with zero attached hydrogens (tertiary/aromatic N) is 1. The number of nitrogens with one attached hydrogen (secondary N) is 1. The molecule has 1 amide bonds. The molecule has 2 heterocycles. The van der Waals surface area contributed by atoms with E-state index in [1.54, 1.807) is 18.2 Å². The minimum atomic E-state index is -2.11. The van der Waals surface area contributed by atoms with Crippen LogP contribution in [0, 0.1) is 0 Å². The zero-order chi connectivity index (χ0) is 29.1. The summed E-state index contributed by atoms with van der Waals surface area (Å²) in [7, 11) is 0.